The molecule has 2 N–H and O–H groups in total. The molecule has 4 nitrogen and oxygen atoms in total. The second-order valence-electron chi connectivity index (χ2n) is 3.73. The van der Waals surface area contributed by atoms with Crippen LogP contribution in [0.3, 0.4) is 0 Å². The van der Waals surface area contributed by atoms with Crippen LogP contribution in [-0.2, 0) is 13.1 Å². The maximum Gasteiger partial charge on any atom is 0.0597 e. The van der Waals surface area contributed by atoms with E-state index in [1.54, 1.807) is 0 Å². The van der Waals surface area contributed by atoms with E-state index in [0.717, 1.165) is 38.3 Å². The number of hydrogen-bond acceptors (Lipinski definition) is 3. The number of rotatable bonds is 7. The van der Waals surface area contributed by atoms with Gasteiger partial charge in [-0.25, -0.2) is 0 Å². The first-order chi connectivity index (χ1) is 7.27. The van der Waals surface area contributed by atoms with Crippen molar-refractivity contribution in [2.45, 2.75) is 33.4 Å². The Morgan fingerprint density at radius 3 is 2.87 bits per heavy atom. The van der Waals surface area contributed by atoms with Crippen molar-refractivity contribution in [2.24, 2.45) is 0 Å². The Kier molecular flexibility index (Phi) is 5.36. The maximum absolute atomic E-state index is 4.41. The molecule has 0 aliphatic rings. The minimum absolute atomic E-state index is 0.915. The first-order valence-electron chi connectivity index (χ1n) is 5.66. The molecule has 0 atom stereocenters. The van der Waals surface area contributed by atoms with Crippen LogP contribution >= 0.6 is 0 Å². The van der Waals surface area contributed by atoms with Gasteiger partial charge in [0.05, 0.1) is 11.4 Å². The van der Waals surface area contributed by atoms with Gasteiger partial charge in [-0.05, 0) is 46.5 Å². The molecular weight excluding hydrogens is 188 g/mol. The largest absolute Gasteiger partial charge is 0.320 e. The molecule has 1 aromatic heterocycles. The average Bonchev–Trinajstić information content (AvgIpc) is 2.59. The normalized spacial score (nSPS) is 10.9. The van der Waals surface area contributed by atoms with Gasteiger partial charge in [0.15, 0.2) is 0 Å². The van der Waals surface area contributed by atoms with Crippen LogP contribution in [-0.4, -0.2) is 29.9 Å². The minimum atomic E-state index is 0.915. The third kappa shape index (κ3) is 4.01. The Morgan fingerprint density at radius 1 is 1.40 bits per heavy atom. The molecule has 1 rings (SSSR count). The van der Waals surface area contributed by atoms with E-state index in [2.05, 4.69) is 33.4 Å². The summed E-state index contributed by atoms with van der Waals surface area (Å²) in [6.45, 7) is 8.14. The van der Waals surface area contributed by atoms with E-state index in [1.165, 1.54) is 5.69 Å². The lowest BCUT2D eigenvalue weighted by Gasteiger charge is -2.06. The van der Waals surface area contributed by atoms with Crippen molar-refractivity contribution < 1.29 is 0 Å². The lowest BCUT2D eigenvalue weighted by atomic mass is 10.3. The summed E-state index contributed by atoms with van der Waals surface area (Å²) in [5.41, 5.74) is 2.38. The van der Waals surface area contributed by atoms with Gasteiger partial charge >= 0.3 is 0 Å². The van der Waals surface area contributed by atoms with E-state index >= 15 is 0 Å². The molecule has 0 unspecified atom stereocenters. The molecule has 0 radical (unpaired) electrons. The maximum atomic E-state index is 4.41. The quantitative estimate of drug-likeness (QED) is 0.657. The van der Waals surface area contributed by atoms with E-state index in [4.69, 9.17) is 0 Å². The third-order valence-corrected chi connectivity index (χ3v) is 2.37. The molecule has 0 spiro atoms. The molecule has 15 heavy (non-hydrogen) atoms. The summed E-state index contributed by atoms with van der Waals surface area (Å²) in [6.07, 6.45) is 1.16. The zero-order valence-corrected chi connectivity index (χ0v) is 10.0. The van der Waals surface area contributed by atoms with E-state index in [-0.39, 0.29) is 0 Å². The molecule has 0 saturated heterocycles. The van der Waals surface area contributed by atoms with Crippen molar-refractivity contribution in [3.05, 3.63) is 17.5 Å². The van der Waals surface area contributed by atoms with Gasteiger partial charge in [-0.15, -0.1) is 0 Å². The van der Waals surface area contributed by atoms with Gasteiger partial charge in [0, 0.05) is 13.1 Å². The fourth-order valence-corrected chi connectivity index (χ4v) is 1.62. The SMILES string of the molecule is CCn1nc(C)cc1CNCCCNC. The van der Waals surface area contributed by atoms with E-state index in [9.17, 15) is 0 Å². The number of nitrogens with one attached hydrogen (secondary N) is 2. The Hall–Kier alpha value is -0.870. The summed E-state index contributed by atoms with van der Waals surface area (Å²) in [6, 6.07) is 2.15. The van der Waals surface area contributed by atoms with Crippen LogP contribution in [0.2, 0.25) is 0 Å². The van der Waals surface area contributed by atoms with Crippen LogP contribution < -0.4 is 10.6 Å². The first-order valence-corrected chi connectivity index (χ1v) is 5.66. The predicted molar refractivity (Wildman–Crippen MR) is 62.9 cm³/mol. The summed E-state index contributed by atoms with van der Waals surface area (Å²) >= 11 is 0. The summed E-state index contributed by atoms with van der Waals surface area (Å²) in [7, 11) is 1.98. The summed E-state index contributed by atoms with van der Waals surface area (Å²) in [4.78, 5) is 0. The lowest BCUT2D eigenvalue weighted by molar-refractivity contribution is 0.566. The van der Waals surface area contributed by atoms with Gasteiger partial charge in [0.2, 0.25) is 0 Å². The Labute approximate surface area is 92.1 Å². The Balaban J connectivity index is 2.30. The molecule has 0 saturated carbocycles. The topological polar surface area (TPSA) is 41.9 Å². The Morgan fingerprint density at radius 2 is 2.20 bits per heavy atom. The smallest absolute Gasteiger partial charge is 0.0597 e. The highest BCUT2D eigenvalue weighted by Crippen LogP contribution is 2.02. The second-order valence-corrected chi connectivity index (χ2v) is 3.73. The van der Waals surface area contributed by atoms with Crippen molar-refractivity contribution in [3.8, 4) is 0 Å². The van der Waals surface area contributed by atoms with Crippen LogP contribution in [0, 0.1) is 6.92 Å². The van der Waals surface area contributed by atoms with Gasteiger partial charge in [0.1, 0.15) is 0 Å². The van der Waals surface area contributed by atoms with Crippen LogP contribution in [0.5, 0.6) is 0 Å². The zero-order valence-electron chi connectivity index (χ0n) is 10.0. The minimum Gasteiger partial charge on any atom is -0.320 e. The van der Waals surface area contributed by atoms with Crippen LogP contribution in [0.25, 0.3) is 0 Å². The molecule has 1 heterocycles. The fourth-order valence-electron chi connectivity index (χ4n) is 1.62. The van der Waals surface area contributed by atoms with Crippen LogP contribution in [0.4, 0.5) is 0 Å². The Bertz CT molecular complexity index is 280. The van der Waals surface area contributed by atoms with Crippen molar-refractivity contribution in [3.63, 3.8) is 0 Å². The van der Waals surface area contributed by atoms with Crippen LogP contribution in [0.1, 0.15) is 24.7 Å². The van der Waals surface area contributed by atoms with Gasteiger partial charge in [0.25, 0.3) is 0 Å². The molecule has 1 aromatic rings. The predicted octanol–water partition coefficient (Wildman–Crippen LogP) is 0.911. The van der Waals surface area contributed by atoms with E-state index in [1.807, 2.05) is 14.0 Å². The second kappa shape index (κ2) is 6.58. The van der Waals surface area contributed by atoms with Gasteiger partial charge in [-0.1, -0.05) is 0 Å². The number of hydrogen-bond donors (Lipinski definition) is 2. The number of aromatic nitrogens is 2. The molecular formula is C11H22N4. The monoisotopic (exact) mass is 210 g/mol. The molecule has 4 heteroatoms. The van der Waals surface area contributed by atoms with Gasteiger partial charge < -0.3 is 10.6 Å². The van der Waals surface area contributed by atoms with Gasteiger partial charge in [-0.3, -0.25) is 4.68 Å². The molecule has 0 aliphatic carbocycles. The first kappa shape index (κ1) is 12.2. The third-order valence-electron chi connectivity index (χ3n) is 2.37. The molecule has 0 aliphatic heterocycles. The van der Waals surface area contributed by atoms with E-state index < -0.39 is 0 Å². The molecule has 0 bridgehead atoms. The van der Waals surface area contributed by atoms with Gasteiger partial charge in [-0.2, -0.15) is 5.10 Å². The number of nitrogens with zero attached hydrogens (tertiary/aromatic N) is 2. The summed E-state index contributed by atoms with van der Waals surface area (Å²) < 4.78 is 2.06. The molecule has 0 aromatic carbocycles. The van der Waals surface area contributed by atoms with E-state index in [0.29, 0.717) is 0 Å². The van der Waals surface area contributed by atoms with Crippen molar-refractivity contribution >= 4 is 0 Å². The standard InChI is InChI=1S/C11H22N4/c1-4-15-11(8-10(2)14-15)9-13-7-5-6-12-3/h8,12-13H,4-7,9H2,1-3H3. The average molecular weight is 210 g/mol. The van der Waals surface area contributed by atoms with Crippen LogP contribution in [0.15, 0.2) is 6.07 Å². The van der Waals surface area contributed by atoms with Crippen molar-refractivity contribution in [1.82, 2.24) is 20.4 Å². The van der Waals surface area contributed by atoms with Crippen molar-refractivity contribution in [1.29, 1.82) is 0 Å². The number of aryl methyl sites for hydroxylation is 2. The zero-order chi connectivity index (χ0) is 11.1. The summed E-state index contributed by atoms with van der Waals surface area (Å²) in [5, 5.41) is 11.0. The van der Waals surface area contributed by atoms with Crippen molar-refractivity contribution in [2.75, 3.05) is 20.1 Å². The molecule has 0 amide bonds. The highest BCUT2D eigenvalue weighted by molar-refractivity contribution is 5.08. The molecule has 86 valence electrons. The lowest BCUT2D eigenvalue weighted by Crippen LogP contribution is -2.21. The highest BCUT2D eigenvalue weighted by Gasteiger charge is 2.02. The molecule has 0 fully saturated rings. The fraction of sp³-hybridized carbons (Fsp3) is 0.727. The highest BCUT2D eigenvalue weighted by atomic mass is 15.3. The summed E-state index contributed by atoms with van der Waals surface area (Å²) in [5.74, 6) is 0.